The van der Waals surface area contributed by atoms with Gasteiger partial charge in [-0.05, 0) is 32.3 Å². The fraction of sp³-hybridized carbons (Fsp3) is 0.308. The number of likely N-dealkylation sites (N-methyl/N-ethyl adjacent to an activating group) is 1. The van der Waals surface area contributed by atoms with Crippen LogP contribution < -0.4 is 11.1 Å². The summed E-state index contributed by atoms with van der Waals surface area (Å²) in [5, 5.41) is 5.55. The second-order valence-corrected chi connectivity index (χ2v) is 4.35. The lowest BCUT2D eigenvalue weighted by Crippen LogP contribution is -2.20. The van der Waals surface area contributed by atoms with Crippen molar-refractivity contribution in [2.45, 2.75) is 0 Å². The highest BCUT2D eigenvalue weighted by molar-refractivity contribution is 6.00. The minimum Gasteiger partial charge on any atom is -0.398 e. The molecule has 0 radical (unpaired) electrons. The van der Waals surface area contributed by atoms with Crippen molar-refractivity contribution in [2.75, 3.05) is 38.2 Å². The van der Waals surface area contributed by atoms with Crippen molar-refractivity contribution in [1.29, 1.82) is 0 Å². The van der Waals surface area contributed by atoms with Crippen LogP contribution in [-0.4, -0.2) is 37.1 Å². The molecule has 2 rings (SSSR count). The van der Waals surface area contributed by atoms with Crippen molar-refractivity contribution in [1.82, 2.24) is 9.88 Å². The van der Waals surface area contributed by atoms with Crippen molar-refractivity contribution >= 4 is 22.1 Å². The molecule has 0 saturated heterocycles. The standard InChI is InChI=1S/C13H18N4/c1-17(2)8-7-16-13-4-3-12(14)11-9-15-6-5-10(11)13/h3-6,9,16H,7-8,14H2,1-2H3. The molecule has 0 bridgehead atoms. The molecule has 0 aliphatic heterocycles. The van der Waals surface area contributed by atoms with Gasteiger partial charge in [0, 0.05) is 47.6 Å². The van der Waals surface area contributed by atoms with E-state index in [1.807, 2.05) is 24.4 Å². The number of nitrogens with one attached hydrogen (secondary N) is 1. The summed E-state index contributed by atoms with van der Waals surface area (Å²) in [5.41, 5.74) is 7.81. The largest absolute Gasteiger partial charge is 0.398 e. The lowest BCUT2D eigenvalue weighted by molar-refractivity contribution is 0.425. The van der Waals surface area contributed by atoms with Gasteiger partial charge in [-0.1, -0.05) is 0 Å². The molecule has 2 aromatic rings. The smallest absolute Gasteiger partial charge is 0.0422 e. The van der Waals surface area contributed by atoms with E-state index in [1.54, 1.807) is 6.20 Å². The van der Waals surface area contributed by atoms with Gasteiger partial charge in [-0.3, -0.25) is 4.98 Å². The molecule has 0 aliphatic carbocycles. The number of hydrogen-bond donors (Lipinski definition) is 2. The van der Waals surface area contributed by atoms with Gasteiger partial charge in [0.05, 0.1) is 0 Å². The number of pyridine rings is 1. The zero-order valence-electron chi connectivity index (χ0n) is 10.3. The Morgan fingerprint density at radius 2 is 2.06 bits per heavy atom. The minimum atomic E-state index is 0.770. The normalized spacial score (nSPS) is 11.0. The lowest BCUT2D eigenvalue weighted by Gasteiger charge is -2.13. The van der Waals surface area contributed by atoms with E-state index < -0.39 is 0 Å². The Bertz CT molecular complexity index is 508. The van der Waals surface area contributed by atoms with E-state index in [2.05, 4.69) is 29.3 Å². The highest BCUT2D eigenvalue weighted by Crippen LogP contribution is 2.27. The number of rotatable bonds is 4. The van der Waals surface area contributed by atoms with Crippen LogP contribution in [0.5, 0.6) is 0 Å². The van der Waals surface area contributed by atoms with Crippen LogP contribution in [0.15, 0.2) is 30.6 Å². The molecule has 90 valence electrons. The molecule has 0 unspecified atom stereocenters. The van der Waals surface area contributed by atoms with Crippen molar-refractivity contribution in [3.05, 3.63) is 30.6 Å². The molecular formula is C13H18N4. The summed E-state index contributed by atoms with van der Waals surface area (Å²) >= 11 is 0. The Labute approximate surface area is 101 Å². The maximum absolute atomic E-state index is 5.93. The summed E-state index contributed by atoms with van der Waals surface area (Å²) in [7, 11) is 4.12. The average molecular weight is 230 g/mol. The van der Waals surface area contributed by atoms with Crippen LogP contribution in [0.2, 0.25) is 0 Å². The van der Waals surface area contributed by atoms with Gasteiger partial charge in [0.2, 0.25) is 0 Å². The zero-order valence-corrected chi connectivity index (χ0v) is 10.3. The third kappa shape index (κ3) is 2.65. The minimum absolute atomic E-state index is 0.770. The third-order valence-electron chi connectivity index (χ3n) is 2.73. The number of aromatic nitrogens is 1. The summed E-state index contributed by atoms with van der Waals surface area (Å²) in [6.45, 7) is 1.91. The second-order valence-electron chi connectivity index (χ2n) is 4.35. The van der Waals surface area contributed by atoms with Crippen LogP contribution in [0.1, 0.15) is 0 Å². The van der Waals surface area contributed by atoms with E-state index in [4.69, 9.17) is 5.73 Å². The quantitative estimate of drug-likeness (QED) is 0.786. The van der Waals surface area contributed by atoms with Gasteiger partial charge >= 0.3 is 0 Å². The van der Waals surface area contributed by atoms with E-state index in [-0.39, 0.29) is 0 Å². The number of nitrogen functional groups attached to an aromatic ring is 1. The molecule has 17 heavy (non-hydrogen) atoms. The van der Waals surface area contributed by atoms with E-state index in [9.17, 15) is 0 Å². The molecule has 4 heteroatoms. The summed E-state index contributed by atoms with van der Waals surface area (Å²) in [6.07, 6.45) is 3.60. The van der Waals surface area contributed by atoms with Crippen molar-refractivity contribution in [3.8, 4) is 0 Å². The number of nitrogens with two attached hydrogens (primary N) is 1. The van der Waals surface area contributed by atoms with Crippen LogP contribution in [0, 0.1) is 0 Å². The van der Waals surface area contributed by atoms with Crippen LogP contribution in [0.25, 0.3) is 10.8 Å². The molecule has 1 heterocycles. The van der Waals surface area contributed by atoms with Gasteiger partial charge in [-0.25, -0.2) is 0 Å². The molecule has 0 aliphatic rings. The molecule has 3 N–H and O–H groups in total. The average Bonchev–Trinajstić information content (AvgIpc) is 2.32. The van der Waals surface area contributed by atoms with Gasteiger partial charge in [0.25, 0.3) is 0 Å². The van der Waals surface area contributed by atoms with Gasteiger partial charge < -0.3 is 16.0 Å². The molecule has 0 saturated carbocycles. The number of anilines is 2. The molecule has 0 fully saturated rings. The van der Waals surface area contributed by atoms with Crippen LogP contribution in [-0.2, 0) is 0 Å². The van der Waals surface area contributed by atoms with E-state index >= 15 is 0 Å². The lowest BCUT2D eigenvalue weighted by atomic mass is 10.1. The highest BCUT2D eigenvalue weighted by atomic mass is 15.1. The maximum atomic E-state index is 5.93. The predicted octanol–water partition coefficient (Wildman–Crippen LogP) is 1.79. The van der Waals surface area contributed by atoms with E-state index in [0.717, 1.165) is 35.2 Å². The first-order valence-corrected chi connectivity index (χ1v) is 5.69. The SMILES string of the molecule is CN(C)CCNc1ccc(N)c2cnccc12. The summed E-state index contributed by atoms with van der Waals surface area (Å²) in [4.78, 5) is 6.25. The Balaban J connectivity index is 2.26. The molecule has 0 spiro atoms. The zero-order chi connectivity index (χ0) is 12.3. The fourth-order valence-electron chi connectivity index (χ4n) is 1.78. The Hall–Kier alpha value is -1.81. The fourth-order valence-corrected chi connectivity index (χ4v) is 1.78. The summed E-state index contributed by atoms with van der Waals surface area (Å²) in [6, 6.07) is 5.93. The van der Waals surface area contributed by atoms with Crippen molar-refractivity contribution in [2.24, 2.45) is 0 Å². The molecule has 0 amide bonds. The van der Waals surface area contributed by atoms with Gasteiger partial charge in [-0.2, -0.15) is 0 Å². The summed E-state index contributed by atoms with van der Waals surface area (Å²) < 4.78 is 0. The van der Waals surface area contributed by atoms with Gasteiger partial charge in [0.15, 0.2) is 0 Å². The maximum Gasteiger partial charge on any atom is 0.0422 e. The van der Waals surface area contributed by atoms with E-state index in [1.165, 1.54) is 0 Å². The van der Waals surface area contributed by atoms with Gasteiger partial charge in [-0.15, -0.1) is 0 Å². The number of benzene rings is 1. The highest BCUT2D eigenvalue weighted by Gasteiger charge is 2.03. The first-order valence-electron chi connectivity index (χ1n) is 5.69. The number of fused-ring (bicyclic) bond motifs is 1. The molecule has 1 aromatic heterocycles. The number of nitrogens with zero attached hydrogens (tertiary/aromatic N) is 2. The Morgan fingerprint density at radius 3 is 2.82 bits per heavy atom. The molecule has 1 aromatic carbocycles. The van der Waals surface area contributed by atoms with Crippen molar-refractivity contribution in [3.63, 3.8) is 0 Å². The number of hydrogen-bond acceptors (Lipinski definition) is 4. The molecule has 4 nitrogen and oxygen atoms in total. The monoisotopic (exact) mass is 230 g/mol. The predicted molar refractivity (Wildman–Crippen MR) is 73.2 cm³/mol. The second kappa shape index (κ2) is 5.01. The molecule has 0 atom stereocenters. The van der Waals surface area contributed by atoms with Gasteiger partial charge in [0.1, 0.15) is 0 Å². The first-order chi connectivity index (χ1) is 8.18. The Morgan fingerprint density at radius 1 is 1.24 bits per heavy atom. The van der Waals surface area contributed by atoms with E-state index in [0.29, 0.717) is 0 Å². The Kier molecular flexibility index (Phi) is 3.44. The van der Waals surface area contributed by atoms with Crippen LogP contribution in [0.3, 0.4) is 0 Å². The first kappa shape index (κ1) is 11.7. The summed E-state index contributed by atoms with van der Waals surface area (Å²) in [5.74, 6) is 0. The van der Waals surface area contributed by atoms with Crippen LogP contribution >= 0.6 is 0 Å². The van der Waals surface area contributed by atoms with Crippen LogP contribution in [0.4, 0.5) is 11.4 Å². The topological polar surface area (TPSA) is 54.2 Å². The van der Waals surface area contributed by atoms with Crippen molar-refractivity contribution < 1.29 is 0 Å². The molecular weight excluding hydrogens is 212 g/mol. The third-order valence-corrected chi connectivity index (χ3v) is 2.73.